The fourth-order valence-electron chi connectivity index (χ4n) is 3.72. The lowest BCUT2D eigenvalue weighted by molar-refractivity contribution is -0.151. The summed E-state index contributed by atoms with van der Waals surface area (Å²) in [6, 6.07) is 8.21. The molecule has 1 aromatic heterocycles. The molecule has 2 aromatic rings. The predicted octanol–water partition coefficient (Wildman–Crippen LogP) is 4.07. The monoisotopic (exact) mass is 458 g/mol. The number of hydrogen-bond acceptors (Lipinski definition) is 7. The molecule has 180 valence electrons. The van der Waals surface area contributed by atoms with E-state index in [1.165, 1.54) is 26.3 Å². The quantitative estimate of drug-likeness (QED) is 0.517. The van der Waals surface area contributed by atoms with Crippen molar-refractivity contribution in [1.82, 2.24) is 10.3 Å². The Morgan fingerprint density at radius 1 is 1.00 bits per heavy atom. The fraction of sp³-hybridized carbons (Fsp3) is 0.480. The van der Waals surface area contributed by atoms with E-state index in [-0.39, 0.29) is 29.4 Å². The molecule has 2 N–H and O–H groups in total. The average Bonchev–Trinajstić information content (AvgIpc) is 2.74. The van der Waals surface area contributed by atoms with Crippen molar-refractivity contribution in [3.63, 3.8) is 0 Å². The molecule has 0 aliphatic carbocycles. The average molecular weight is 459 g/mol. The van der Waals surface area contributed by atoms with Crippen molar-refractivity contribution >= 4 is 11.9 Å². The number of esters is 1. The standard InChI is InChI=1S/C25H34N2O6/c1-14(2)21(18-10-8-9-11-19(18)32-15(3)4)17(6)33-25(30)16(5)27-24(29)22-23(28)20(31-7)12-13-26-22/h8-17,21,28H,1-7H3,(H,27,29)/t16-,17-,21+/m0/s1. The van der Waals surface area contributed by atoms with Crippen LogP contribution in [-0.2, 0) is 9.53 Å². The molecule has 1 heterocycles. The first-order valence-electron chi connectivity index (χ1n) is 11.1. The summed E-state index contributed by atoms with van der Waals surface area (Å²) < 4.78 is 16.7. The first kappa shape index (κ1) is 26.0. The molecule has 0 aliphatic heterocycles. The number of aromatic nitrogens is 1. The van der Waals surface area contributed by atoms with Crippen molar-refractivity contribution in [3.05, 3.63) is 47.8 Å². The van der Waals surface area contributed by atoms with Crippen LogP contribution in [0.3, 0.4) is 0 Å². The molecule has 0 fully saturated rings. The number of aromatic hydroxyl groups is 1. The van der Waals surface area contributed by atoms with E-state index in [1.54, 1.807) is 0 Å². The number of carbonyl (C=O) groups excluding carboxylic acids is 2. The smallest absolute Gasteiger partial charge is 0.328 e. The van der Waals surface area contributed by atoms with Gasteiger partial charge in [0.05, 0.1) is 13.2 Å². The van der Waals surface area contributed by atoms with Crippen LogP contribution in [0.25, 0.3) is 0 Å². The first-order valence-corrected chi connectivity index (χ1v) is 11.1. The molecule has 3 atom stereocenters. The molecule has 0 bridgehead atoms. The lowest BCUT2D eigenvalue weighted by Gasteiger charge is -2.30. The predicted molar refractivity (Wildman–Crippen MR) is 125 cm³/mol. The van der Waals surface area contributed by atoms with Gasteiger partial charge in [-0.15, -0.1) is 0 Å². The summed E-state index contributed by atoms with van der Waals surface area (Å²) in [7, 11) is 1.37. The Kier molecular flexibility index (Phi) is 9.08. The van der Waals surface area contributed by atoms with Crippen LogP contribution in [0.1, 0.15) is 63.5 Å². The third-order valence-corrected chi connectivity index (χ3v) is 5.19. The van der Waals surface area contributed by atoms with Gasteiger partial charge in [0.25, 0.3) is 5.91 Å². The van der Waals surface area contributed by atoms with Crippen molar-refractivity contribution in [2.24, 2.45) is 5.92 Å². The number of benzene rings is 1. The van der Waals surface area contributed by atoms with Crippen molar-refractivity contribution in [2.75, 3.05) is 7.11 Å². The zero-order valence-corrected chi connectivity index (χ0v) is 20.3. The van der Waals surface area contributed by atoms with Gasteiger partial charge in [-0.25, -0.2) is 9.78 Å². The number of carbonyl (C=O) groups is 2. The van der Waals surface area contributed by atoms with E-state index in [0.29, 0.717) is 0 Å². The van der Waals surface area contributed by atoms with Crippen LogP contribution in [-0.4, -0.2) is 47.3 Å². The number of pyridine rings is 1. The lowest BCUT2D eigenvalue weighted by atomic mass is 9.84. The number of methoxy groups -OCH3 is 1. The van der Waals surface area contributed by atoms with E-state index in [0.717, 1.165) is 11.3 Å². The summed E-state index contributed by atoms with van der Waals surface area (Å²) in [5.74, 6) is -0.779. The third kappa shape index (κ3) is 6.60. The van der Waals surface area contributed by atoms with Gasteiger partial charge in [0.15, 0.2) is 17.2 Å². The molecule has 0 saturated heterocycles. The summed E-state index contributed by atoms with van der Waals surface area (Å²) in [5, 5.41) is 12.7. The second kappa shape index (κ2) is 11.5. The van der Waals surface area contributed by atoms with E-state index in [2.05, 4.69) is 24.1 Å². The highest BCUT2D eigenvalue weighted by Crippen LogP contribution is 2.36. The summed E-state index contributed by atoms with van der Waals surface area (Å²) in [4.78, 5) is 29.2. The van der Waals surface area contributed by atoms with Crippen LogP contribution in [0.15, 0.2) is 36.5 Å². The SMILES string of the molecule is COc1ccnc(C(=O)N[C@@H](C)C(=O)O[C@@H](C)[C@H](c2ccccc2OC(C)C)C(C)C)c1O. The van der Waals surface area contributed by atoms with Gasteiger partial charge in [-0.3, -0.25) is 4.79 Å². The molecule has 33 heavy (non-hydrogen) atoms. The van der Waals surface area contributed by atoms with Crippen molar-refractivity contribution in [1.29, 1.82) is 0 Å². The molecular weight excluding hydrogens is 424 g/mol. The maximum atomic E-state index is 12.8. The second-order valence-electron chi connectivity index (χ2n) is 8.52. The number of nitrogens with one attached hydrogen (secondary N) is 1. The Bertz CT molecular complexity index is 960. The van der Waals surface area contributed by atoms with Crippen molar-refractivity contribution < 1.29 is 28.9 Å². The Labute approximate surface area is 195 Å². The minimum absolute atomic E-state index is 0.00805. The van der Waals surface area contributed by atoms with Gasteiger partial charge < -0.3 is 24.6 Å². The Hall–Kier alpha value is -3.29. The zero-order valence-electron chi connectivity index (χ0n) is 20.3. The van der Waals surface area contributed by atoms with Gasteiger partial charge in [0.1, 0.15) is 17.9 Å². The third-order valence-electron chi connectivity index (χ3n) is 5.19. The largest absolute Gasteiger partial charge is 0.503 e. The van der Waals surface area contributed by atoms with Crippen LogP contribution in [0.5, 0.6) is 17.2 Å². The minimum Gasteiger partial charge on any atom is -0.503 e. The van der Waals surface area contributed by atoms with Crippen LogP contribution >= 0.6 is 0 Å². The number of para-hydroxylation sites is 1. The molecule has 2 rings (SSSR count). The second-order valence-corrected chi connectivity index (χ2v) is 8.52. The van der Waals surface area contributed by atoms with Crippen LogP contribution in [0.4, 0.5) is 0 Å². The molecule has 8 nitrogen and oxygen atoms in total. The van der Waals surface area contributed by atoms with Crippen LogP contribution in [0, 0.1) is 5.92 Å². The van der Waals surface area contributed by atoms with Gasteiger partial charge in [0, 0.05) is 23.7 Å². The summed E-state index contributed by atoms with van der Waals surface area (Å²) in [5.41, 5.74) is 0.727. The normalized spacial score (nSPS) is 13.8. The van der Waals surface area contributed by atoms with Gasteiger partial charge in [-0.05, 0) is 39.7 Å². The zero-order chi connectivity index (χ0) is 24.7. The number of rotatable bonds is 10. The molecule has 0 radical (unpaired) electrons. The molecule has 0 unspecified atom stereocenters. The Morgan fingerprint density at radius 2 is 1.67 bits per heavy atom. The summed E-state index contributed by atoms with van der Waals surface area (Å²) in [6.45, 7) is 11.4. The minimum atomic E-state index is -0.956. The maximum absolute atomic E-state index is 12.8. The molecule has 1 amide bonds. The summed E-state index contributed by atoms with van der Waals surface area (Å²) >= 11 is 0. The molecule has 8 heteroatoms. The van der Waals surface area contributed by atoms with Crippen LogP contribution in [0.2, 0.25) is 0 Å². The topological polar surface area (TPSA) is 107 Å². The highest BCUT2D eigenvalue weighted by Gasteiger charge is 2.31. The van der Waals surface area contributed by atoms with Gasteiger partial charge in [0.2, 0.25) is 0 Å². The molecular formula is C25H34N2O6. The molecule has 0 aliphatic rings. The van der Waals surface area contributed by atoms with E-state index in [1.807, 2.05) is 45.0 Å². The van der Waals surface area contributed by atoms with E-state index in [9.17, 15) is 14.7 Å². The van der Waals surface area contributed by atoms with Crippen LogP contribution < -0.4 is 14.8 Å². The summed E-state index contributed by atoms with van der Waals surface area (Å²) in [6.07, 6.45) is 0.869. The Balaban J connectivity index is 2.14. The highest BCUT2D eigenvalue weighted by molar-refractivity contribution is 5.97. The maximum Gasteiger partial charge on any atom is 0.328 e. The highest BCUT2D eigenvalue weighted by atomic mass is 16.5. The van der Waals surface area contributed by atoms with E-state index >= 15 is 0 Å². The number of hydrogen-bond donors (Lipinski definition) is 2. The number of amides is 1. The van der Waals surface area contributed by atoms with Gasteiger partial charge in [-0.1, -0.05) is 32.0 Å². The Morgan fingerprint density at radius 3 is 2.27 bits per heavy atom. The van der Waals surface area contributed by atoms with E-state index < -0.39 is 29.8 Å². The van der Waals surface area contributed by atoms with Gasteiger partial charge >= 0.3 is 5.97 Å². The molecule has 0 saturated carbocycles. The number of ether oxygens (including phenoxy) is 3. The number of nitrogens with zero attached hydrogens (tertiary/aromatic N) is 1. The van der Waals surface area contributed by atoms with Gasteiger partial charge in [-0.2, -0.15) is 0 Å². The fourth-order valence-corrected chi connectivity index (χ4v) is 3.72. The lowest BCUT2D eigenvalue weighted by Crippen LogP contribution is -2.42. The molecule has 0 spiro atoms. The van der Waals surface area contributed by atoms with Crippen molar-refractivity contribution in [3.8, 4) is 17.2 Å². The molecule has 1 aromatic carbocycles. The van der Waals surface area contributed by atoms with Crippen molar-refractivity contribution in [2.45, 2.75) is 65.7 Å². The first-order chi connectivity index (χ1) is 15.6. The van der Waals surface area contributed by atoms with E-state index in [4.69, 9.17) is 14.2 Å².